The number of halogens is 1. The second-order valence-electron chi connectivity index (χ2n) is 5.04. The molecule has 98 valence electrons. The molecule has 1 aromatic carbocycles. The Kier molecular flexibility index (Phi) is 3.28. The molecule has 0 aliphatic heterocycles. The van der Waals surface area contributed by atoms with E-state index in [1.165, 1.54) is 12.1 Å². The van der Waals surface area contributed by atoms with Gasteiger partial charge in [-0.25, -0.2) is 4.39 Å². The van der Waals surface area contributed by atoms with Crippen LogP contribution in [-0.4, -0.2) is 16.2 Å². The molecular formula is C14H17FO3. The van der Waals surface area contributed by atoms with Crippen molar-refractivity contribution in [1.82, 2.24) is 0 Å². The minimum Gasteiger partial charge on any atom is -0.507 e. The van der Waals surface area contributed by atoms with E-state index in [-0.39, 0.29) is 11.3 Å². The third kappa shape index (κ3) is 1.85. The fraction of sp³-hybridized carbons (Fsp3) is 0.500. The smallest absolute Gasteiger partial charge is 0.314 e. The Morgan fingerprint density at radius 1 is 1.28 bits per heavy atom. The van der Waals surface area contributed by atoms with Gasteiger partial charge < -0.3 is 10.2 Å². The van der Waals surface area contributed by atoms with Gasteiger partial charge in [0.25, 0.3) is 0 Å². The van der Waals surface area contributed by atoms with E-state index in [2.05, 4.69) is 0 Å². The van der Waals surface area contributed by atoms with E-state index < -0.39 is 17.2 Å². The summed E-state index contributed by atoms with van der Waals surface area (Å²) in [6.07, 6.45) is 3.23. The van der Waals surface area contributed by atoms with E-state index in [0.717, 1.165) is 19.3 Å². The summed E-state index contributed by atoms with van der Waals surface area (Å²) in [5, 5.41) is 19.5. The van der Waals surface area contributed by atoms with Crippen LogP contribution in [0.1, 0.15) is 43.2 Å². The molecule has 1 fully saturated rings. The number of benzene rings is 1. The standard InChI is InChI=1S/C14H17FO3/c1-9-5-6-10(15)11(12(9)16)14(13(17)18)7-3-2-4-8-14/h5-6,16H,2-4,7-8H2,1H3,(H,17,18). The molecule has 1 aliphatic rings. The number of aryl methyl sites for hydroxylation is 1. The van der Waals surface area contributed by atoms with Gasteiger partial charge in [0.2, 0.25) is 0 Å². The number of phenolic OH excluding ortho intramolecular Hbond substituents is 1. The molecule has 0 spiro atoms. The van der Waals surface area contributed by atoms with Crippen molar-refractivity contribution in [2.75, 3.05) is 0 Å². The van der Waals surface area contributed by atoms with Crippen molar-refractivity contribution in [3.05, 3.63) is 29.1 Å². The molecule has 0 unspecified atom stereocenters. The van der Waals surface area contributed by atoms with Crippen molar-refractivity contribution < 1.29 is 19.4 Å². The van der Waals surface area contributed by atoms with E-state index >= 15 is 0 Å². The first-order valence-electron chi connectivity index (χ1n) is 6.21. The highest BCUT2D eigenvalue weighted by molar-refractivity contribution is 5.83. The molecule has 2 rings (SSSR count). The lowest BCUT2D eigenvalue weighted by atomic mass is 9.68. The summed E-state index contributed by atoms with van der Waals surface area (Å²) in [6, 6.07) is 2.70. The number of aliphatic carboxylic acids is 1. The second kappa shape index (κ2) is 4.59. The van der Waals surface area contributed by atoms with Crippen molar-refractivity contribution in [1.29, 1.82) is 0 Å². The van der Waals surface area contributed by atoms with Crippen LogP contribution in [0.2, 0.25) is 0 Å². The highest BCUT2D eigenvalue weighted by Gasteiger charge is 2.45. The Morgan fingerprint density at radius 2 is 1.89 bits per heavy atom. The van der Waals surface area contributed by atoms with Gasteiger partial charge in [-0.2, -0.15) is 0 Å². The van der Waals surface area contributed by atoms with Crippen LogP contribution in [-0.2, 0) is 10.2 Å². The highest BCUT2D eigenvalue weighted by atomic mass is 19.1. The summed E-state index contributed by atoms with van der Waals surface area (Å²) < 4.78 is 14.0. The molecule has 4 heteroatoms. The van der Waals surface area contributed by atoms with Gasteiger partial charge in [-0.05, 0) is 31.4 Å². The zero-order valence-corrected chi connectivity index (χ0v) is 10.4. The van der Waals surface area contributed by atoms with Crippen molar-refractivity contribution in [3.8, 4) is 5.75 Å². The van der Waals surface area contributed by atoms with Crippen molar-refractivity contribution >= 4 is 5.97 Å². The predicted molar refractivity (Wildman–Crippen MR) is 65.2 cm³/mol. The molecule has 1 aliphatic carbocycles. The molecule has 0 radical (unpaired) electrons. The third-order valence-corrected chi connectivity index (χ3v) is 3.92. The molecule has 0 amide bonds. The molecule has 0 saturated heterocycles. The van der Waals surface area contributed by atoms with Crippen molar-refractivity contribution in [2.24, 2.45) is 0 Å². The molecule has 1 aromatic rings. The minimum absolute atomic E-state index is 0.0327. The normalized spacial score (nSPS) is 18.6. The van der Waals surface area contributed by atoms with Crippen LogP contribution in [0.3, 0.4) is 0 Å². The summed E-state index contributed by atoms with van der Waals surface area (Å²) in [7, 11) is 0. The maximum Gasteiger partial charge on any atom is 0.314 e. The van der Waals surface area contributed by atoms with Gasteiger partial charge in [-0.15, -0.1) is 0 Å². The zero-order chi connectivity index (χ0) is 13.3. The molecule has 0 atom stereocenters. The largest absolute Gasteiger partial charge is 0.507 e. The number of hydrogen-bond acceptors (Lipinski definition) is 2. The van der Waals surface area contributed by atoms with Crippen LogP contribution in [0.5, 0.6) is 5.75 Å². The fourth-order valence-corrected chi connectivity index (χ4v) is 2.85. The lowest BCUT2D eigenvalue weighted by Crippen LogP contribution is -2.38. The zero-order valence-electron chi connectivity index (χ0n) is 10.4. The summed E-state index contributed by atoms with van der Waals surface area (Å²) in [5.74, 6) is -1.87. The number of aromatic hydroxyl groups is 1. The maximum absolute atomic E-state index is 14.0. The lowest BCUT2D eigenvalue weighted by molar-refractivity contribution is -0.145. The fourth-order valence-electron chi connectivity index (χ4n) is 2.85. The van der Waals surface area contributed by atoms with Gasteiger partial charge in [0.1, 0.15) is 11.6 Å². The number of rotatable bonds is 2. The number of phenols is 1. The maximum atomic E-state index is 14.0. The van der Waals surface area contributed by atoms with E-state index in [9.17, 15) is 19.4 Å². The Labute approximate surface area is 105 Å². The monoisotopic (exact) mass is 252 g/mol. The van der Waals surface area contributed by atoms with Gasteiger partial charge in [0, 0.05) is 5.56 Å². The number of carbonyl (C=O) groups is 1. The Bertz CT molecular complexity index is 476. The van der Waals surface area contributed by atoms with E-state index in [1.807, 2.05) is 0 Å². The summed E-state index contributed by atoms with van der Waals surface area (Å²) >= 11 is 0. The molecule has 0 aromatic heterocycles. The van der Waals surface area contributed by atoms with E-state index in [1.54, 1.807) is 6.92 Å². The average molecular weight is 252 g/mol. The summed E-state index contributed by atoms with van der Waals surface area (Å²) in [5.41, 5.74) is -0.786. The highest BCUT2D eigenvalue weighted by Crippen LogP contribution is 2.45. The Morgan fingerprint density at radius 3 is 2.44 bits per heavy atom. The molecule has 1 saturated carbocycles. The summed E-state index contributed by atoms with van der Waals surface area (Å²) in [4.78, 5) is 11.6. The van der Waals surface area contributed by atoms with Gasteiger partial charge in [-0.3, -0.25) is 4.79 Å². The van der Waals surface area contributed by atoms with Crippen LogP contribution in [0.4, 0.5) is 4.39 Å². The van der Waals surface area contributed by atoms with Crippen LogP contribution in [0, 0.1) is 12.7 Å². The molecule has 18 heavy (non-hydrogen) atoms. The molecule has 0 bridgehead atoms. The number of hydrogen-bond donors (Lipinski definition) is 2. The van der Waals surface area contributed by atoms with E-state index in [0.29, 0.717) is 18.4 Å². The van der Waals surface area contributed by atoms with Crippen LogP contribution in [0.25, 0.3) is 0 Å². The average Bonchev–Trinajstić information content (AvgIpc) is 2.35. The van der Waals surface area contributed by atoms with Gasteiger partial charge in [0.15, 0.2) is 0 Å². The van der Waals surface area contributed by atoms with Crippen LogP contribution >= 0.6 is 0 Å². The topological polar surface area (TPSA) is 57.5 Å². The number of carboxylic acid groups (broad SMARTS) is 1. The minimum atomic E-state index is -1.27. The Balaban J connectivity index is 2.63. The van der Waals surface area contributed by atoms with Gasteiger partial charge >= 0.3 is 5.97 Å². The van der Waals surface area contributed by atoms with Gasteiger partial charge in [0.05, 0.1) is 5.41 Å². The van der Waals surface area contributed by atoms with Gasteiger partial charge in [-0.1, -0.05) is 25.3 Å². The molecule has 0 heterocycles. The lowest BCUT2D eigenvalue weighted by Gasteiger charge is -2.34. The second-order valence-corrected chi connectivity index (χ2v) is 5.04. The summed E-state index contributed by atoms with van der Waals surface area (Å²) in [6.45, 7) is 1.65. The molecular weight excluding hydrogens is 235 g/mol. The first-order valence-corrected chi connectivity index (χ1v) is 6.21. The SMILES string of the molecule is Cc1ccc(F)c(C2(C(=O)O)CCCCC2)c1O. The Hall–Kier alpha value is -1.58. The van der Waals surface area contributed by atoms with E-state index in [4.69, 9.17) is 0 Å². The quantitative estimate of drug-likeness (QED) is 0.850. The molecule has 3 nitrogen and oxygen atoms in total. The molecule has 2 N–H and O–H groups in total. The first-order chi connectivity index (χ1) is 8.49. The predicted octanol–water partition coefficient (Wildman–Crippen LogP) is 3.13. The van der Waals surface area contributed by atoms with Crippen molar-refractivity contribution in [3.63, 3.8) is 0 Å². The number of carboxylic acids is 1. The third-order valence-electron chi connectivity index (χ3n) is 3.92. The van der Waals surface area contributed by atoms with Crippen LogP contribution in [0.15, 0.2) is 12.1 Å². The first kappa shape index (κ1) is 12.9. The van der Waals surface area contributed by atoms with Crippen molar-refractivity contribution in [2.45, 2.75) is 44.4 Å². The van der Waals surface area contributed by atoms with Crippen LogP contribution < -0.4 is 0 Å².